The van der Waals surface area contributed by atoms with E-state index in [0.717, 1.165) is 22.5 Å². The highest BCUT2D eigenvalue weighted by molar-refractivity contribution is 6.30. The molecule has 0 aliphatic heterocycles. The molecule has 3 aromatic rings. The lowest BCUT2D eigenvalue weighted by molar-refractivity contribution is 0.0690. The summed E-state index contributed by atoms with van der Waals surface area (Å²) in [6, 6.07) is 8.94. The van der Waals surface area contributed by atoms with E-state index in [2.05, 4.69) is 10.1 Å². The number of hydrogen-bond donors (Lipinski definition) is 1. The molecule has 1 aromatic carbocycles. The van der Waals surface area contributed by atoms with Crippen molar-refractivity contribution in [3.63, 3.8) is 0 Å². The van der Waals surface area contributed by atoms with E-state index in [-0.39, 0.29) is 11.6 Å². The summed E-state index contributed by atoms with van der Waals surface area (Å²) >= 11 is 5.95. The van der Waals surface area contributed by atoms with Crippen LogP contribution in [0.4, 0.5) is 0 Å². The van der Waals surface area contributed by atoms with Crippen LogP contribution in [-0.2, 0) is 0 Å². The molecular weight excluding hydrogens is 314 g/mol. The third kappa shape index (κ3) is 2.68. The molecule has 2 aromatic heterocycles. The van der Waals surface area contributed by atoms with Gasteiger partial charge in [0.05, 0.1) is 5.69 Å². The first-order valence-corrected chi connectivity index (χ1v) is 7.65. The molecule has 0 saturated carbocycles. The maximum absolute atomic E-state index is 11.4. The fourth-order valence-corrected chi connectivity index (χ4v) is 2.75. The number of nitrogens with zero attached hydrogens (tertiary/aromatic N) is 3. The SMILES string of the molecule is Cc1nn2c(C(C)C)cc(C(=O)O)nc2c1-c1ccc(Cl)cc1. The van der Waals surface area contributed by atoms with Crippen LogP contribution in [0.15, 0.2) is 30.3 Å². The number of halogens is 1. The van der Waals surface area contributed by atoms with Gasteiger partial charge in [-0.2, -0.15) is 5.10 Å². The van der Waals surface area contributed by atoms with Crippen LogP contribution in [0, 0.1) is 6.92 Å². The first-order valence-electron chi connectivity index (χ1n) is 7.28. The van der Waals surface area contributed by atoms with E-state index >= 15 is 0 Å². The normalized spacial score (nSPS) is 11.3. The van der Waals surface area contributed by atoms with Crippen molar-refractivity contribution in [3.8, 4) is 11.1 Å². The first-order chi connectivity index (χ1) is 10.9. The minimum atomic E-state index is -1.05. The number of carboxylic acids is 1. The Bertz CT molecular complexity index is 898. The van der Waals surface area contributed by atoms with Crippen LogP contribution in [0.25, 0.3) is 16.8 Å². The third-order valence-electron chi connectivity index (χ3n) is 3.74. The molecule has 5 nitrogen and oxygen atoms in total. The quantitative estimate of drug-likeness (QED) is 0.782. The van der Waals surface area contributed by atoms with Crippen LogP contribution in [0.2, 0.25) is 5.02 Å². The third-order valence-corrected chi connectivity index (χ3v) is 3.99. The second-order valence-corrected chi connectivity index (χ2v) is 6.17. The van der Waals surface area contributed by atoms with E-state index < -0.39 is 5.97 Å². The summed E-state index contributed by atoms with van der Waals surface area (Å²) in [6.45, 7) is 5.89. The van der Waals surface area contributed by atoms with E-state index in [4.69, 9.17) is 11.6 Å². The number of carboxylic acid groups (broad SMARTS) is 1. The Morgan fingerprint density at radius 2 is 1.91 bits per heavy atom. The van der Waals surface area contributed by atoms with Gasteiger partial charge in [-0.25, -0.2) is 14.3 Å². The molecule has 23 heavy (non-hydrogen) atoms. The minimum Gasteiger partial charge on any atom is -0.477 e. The summed E-state index contributed by atoms with van der Waals surface area (Å²) in [5, 5.41) is 14.6. The van der Waals surface area contributed by atoms with Crippen molar-refractivity contribution in [2.24, 2.45) is 0 Å². The van der Waals surface area contributed by atoms with Gasteiger partial charge in [0.1, 0.15) is 0 Å². The van der Waals surface area contributed by atoms with Crippen molar-refractivity contribution in [2.45, 2.75) is 26.7 Å². The zero-order chi connectivity index (χ0) is 16.7. The number of aryl methyl sites for hydroxylation is 1. The maximum Gasteiger partial charge on any atom is 0.354 e. The van der Waals surface area contributed by atoms with E-state index in [1.165, 1.54) is 0 Å². The van der Waals surface area contributed by atoms with Crippen molar-refractivity contribution in [3.05, 3.63) is 52.4 Å². The first kappa shape index (κ1) is 15.5. The number of rotatable bonds is 3. The molecule has 0 aliphatic rings. The van der Waals surface area contributed by atoms with Crippen LogP contribution in [0.1, 0.15) is 41.6 Å². The molecule has 3 rings (SSSR count). The molecule has 0 amide bonds. The minimum absolute atomic E-state index is 0.0244. The molecule has 0 radical (unpaired) electrons. The molecule has 1 N–H and O–H groups in total. The van der Waals surface area contributed by atoms with Gasteiger partial charge in [0, 0.05) is 16.3 Å². The van der Waals surface area contributed by atoms with Gasteiger partial charge in [0.2, 0.25) is 0 Å². The van der Waals surface area contributed by atoms with Gasteiger partial charge < -0.3 is 5.11 Å². The van der Waals surface area contributed by atoms with Crippen LogP contribution in [0.5, 0.6) is 0 Å². The highest BCUT2D eigenvalue weighted by Crippen LogP contribution is 2.30. The number of hydrogen-bond acceptors (Lipinski definition) is 3. The Kier molecular flexibility index (Phi) is 3.82. The fourth-order valence-electron chi connectivity index (χ4n) is 2.62. The van der Waals surface area contributed by atoms with E-state index in [9.17, 15) is 9.90 Å². The van der Waals surface area contributed by atoms with E-state index in [0.29, 0.717) is 10.7 Å². The zero-order valence-electron chi connectivity index (χ0n) is 13.0. The molecule has 6 heteroatoms. The highest BCUT2D eigenvalue weighted by Gasteiger charge is 2.20. The summed E-state index contributed by atoms with van der Waals surface area (Å²) in [4.78, 5) is 15.7. The molecule has 2 heterocycles. The van der Waals surface area contributed by atoms with Gasteiger partial charge in [-0.05, 0) is 36.6 Å². The fraction of sp³-hybridized carbons (Fsp3) is 0.235. The lowest BCUT2D eigenvalue weighted by Crippen LogP contribution is -2.09. The maximum atomic E-state index is 11.4. The summed E-state index contributed by atoms with van der Waals surface area (Å²) < 4.78 is 1.73. The van der Waals surface area contributed by atoms with Gasteiger partial charge in [-0.1, -0.05) is 37.6 Å². The Labute approximate surface area is 138 Å². The molecule has 0 saturated heterocycles. The summed E-state index contributed by atoms with van der Waals surface area (Å²) in [7, 11) is 0. The Morgan fingerprint density at radius 1 is 1.26 bits per heavy atom. The summed E-state index contributed by atoms with van der Waals surface area (Å²) in [5.74, 6) is -0.925. The van der Waals surface area contributed by atoms with Crippen LogP contribution < -0.4 is 0 Å². The lowest BCUT2D eigenvalue weighted by Gasteiger charge is -2.09. The van der Waals surface area contributed by atoms with Crippen LogP contribution >= 0.6 is 11.6 Å². The van der Waals surface area contributed by atoms with E-state index in [1.807, 2.05) is 32.9 Å². The average molecular weight is 330 g/mol. The molecule has 0 atom stereocenters. The average Bonchev–Trinajstić information content (AvgIpc) is 2.82. The Hall–Kier alpha value is -2.40. The van der Waals surface area contributed by atoms with Gasteiger partial charge in [-0.15, -0.1) is 0 Å². The number of carbonyl (C=O) groups is 1. The molecular formula is C17H16ClN3O2. The standard InChI is InChI=1S/C17H16ClN3O2/c1-9(2)14-8-13(17(22)23)19-16-15(10(3)20-21(14)16)11-4-6-12(18)7-5-11/h4-9H,1-3H3,(H,22,23). The molecule has 0 fully saturated rings. The van der Waals surface area contributed by atoms with Crippen molar-refractivity contribution in [1.82, 2.24) is 14.6 Å². The number of benzene rings is 1. The Balaban J connectivity index is 2.36. The Morgan fingerprint density at radius 3 is 2.48 bits per heavy atom. The second-order valence-electron chi connectivity index (χ2n) is 5.73. The van der Waals surface area contributed by atoms with Gasteiger partial charge in [0.25, 0.3) is 0 Å². The highest BCUT2D eigenvalue weighted by atomic mass is 35.5. The smallest absolute Gasteiger partial charge is 0.354 e. The van der Waals surface area contributed by atoms with Crippen LogP contribution in [0.3, 0.4) is 0 Å². The largest absolute Gasteiger partial charge is 0.477 e. The van der Waals surface area contributed by atoms with Gasteiger partial charge in [-0.3, -0.25) is 0 Å². The molecule has 0 aliphatic carbocycles. The molecule has 0 unspecified atom stereocenters. The number of aromatic carboxylic acids is 1. The van der Waals surface area contributed by atoms with Crippen molar-refractivity contribution in [2.75, 3.05) is 0 Å². The van der Waals surface area contributed by atoms with Crippen molar-refractivity contribution in [1.29, 1.82) is 0 Å². The van der Waals surface area contributed by atoms with E-state index in [1.54, 1.807) is 22.7 Å². The van der Waals surface area contributed by atoms with Crippen molar-refractivity contribution >= 4 is 23.2 Å². The topological polar surface area (TPSA) is 67.5 Å². The number of fused-ring (bicyclic) bond motifs is 1. The summed E-state index contributed by atoms with van der Waals surface area (Å²) in [6.07, 6.45) is 0. The molecule has 0 spiro atoms. The number of aromatic nitrogens is 3. The van der Waals surface area contributed by atoms with Crippen LogP contribution in [-0.4, -0.2) is 25.7 Å². The predicted molar refractivity (Wildman–Crippen MR) is 89.2 cm³/mol. The van der Waals surface area contributed by atoms with Gasteiger partial charge >= 0.3 is 5.97 Å². The monoisotopic (exact) mass is 329 g/mol. The zero-order valence-corrected chi connectivity index (χ0v) is 13.8. The second kappa shape index (κ2) is 5.66. The lowest BCUT2D eigenvalue weighted by atomic mass is 10.1. The summed E-state index contributed by atoms with van der Waals surface area (Å²) in [5.41, 5.74) is 3.92. The van der Waals surface area contributed by atoms with Gasteiger partial charge in [0.15, 0.2) is 11.3 Å². The predicted octanol–water partition coefficient (Wildman–Crippen LogP) is 4.18. The molecule has 0 bridgehead atoms. The molecule has 118 valence electrons. The van der Waals surface area contributed by atoms with Crippen molar-refractivity contribution < 1.29 is 9.90 Å².